The second-order valence-corrected chi connectivity index (χ2v) is 6.95. The Morgan fingerprint density at radius 2 is 1.76 bits per heavy atom. The molecule has 0 amide bonds. The van der Waals surface area contributed by atoms with Crippen LogP contribution in [0, 0.1) is 6.92 Å². The predicted molar refractivity (Wildman–Crippen MR) is 84.2 cm³/mol. The normalized spacial score (nSPS) is 11.6. The van der Waals surface area contributed by atoms with E-state index in [4.69, 9.17) is 0 Å². The monoisotopic (exact) mass is 305 g/mol. The van der Waals surface area contributed by atoms with Gasteiger partial charge < -0.3 is 5.11 Å². The molecule has 2 N–H and O–H groups in total. The first-order valence-corrected chi connectivity index (χ1v) is 8.21. The SMILES string of the molecule is Cc1ccc(C(C)C)cc1S(=O)(=O)Nc1ccccc1O. The van der Waals surface area contributed by atoms with Gasteiger partial charge in [0.1, 0.15) is 5.75 Å². The van der Waals surface area contributed by atoms with Crippen molar-refractivity contribution in [2.45, 2.75) is 31.6 Å². The quantitative estimate of drug-likeness (QED) is 0.848. The average Bonchev–Trinajstić information content (AvgIpc) is 2.41. The van der Waals surface area contributed by atoms with E-state index in [9.17, 15) is 13.5 Å². The highest BCUT2D eigenvalue weighted by Crippen LogP contribution is 2.27. The summed E-state index contributed by atoms with van der Waals surface area (Å²) in [6, 6.07) is 11.7. The summed E-state index contributed by atoms with van der Waals surface area (Å²) in [4.78, 5) is 0.233. The van der Waals surface area contributed by atoms with Crippen LogP contribution in [0.4, 0.5) is 5.69 Å². The molecule has 0 aliphatic carbocycles. The molecule has 0 spiro atoms. The molecule has 0 radical (unpaired) electrons. The molecule has 0 fully saturated rings. The number of para-hydroxylation sites is 2. The number of benzene rings is 2. The van der Waals surface area contributed by atoms with Gasteiger partial charge in [0.05, 0.1) is 10.6 Å². The first kappa shape index (κ1) is 15.4. The van der Waals surface area contributed by atoms with Crippen molar-refractivity contribution in [1.29, 1.82) is 0 Å². The summed E-state index contributed by atoms with van der Waals surface area (Å²) in [6.07, 6.45) is 0. The molecule has 0 aromatic heterocycles. The van der Waals surface area contributed by atoms with Gasteiger partial charge in [0.2, 0.25) is 0 Å². The largest absolute Gasteiger partial charge is 0.506 e. The minimum Gasteiger partial charge on any atom is -0.506 e. The van der Waals surface area contributed by atoms with Crippen molar-refractivity contribution in [3.05, 3.63) is 53.6 Å². The molecule has 0 saturated carbocycles. The smallest absolute Gasteiger partial charge is 0.262 e. The Labute approximate surface area is 125 Å². The molecular formula is C16H19NO3S. The van der Waals surface area contributed by atoms with Crippen LogP contribution in [-0.2, 0) is 10.0 Å². The van der Waals surface area contributed by atoms with Crippen molar-refractivity contribution in [3.8, 4) is 5.75 Å². The lowest BCUT2D eigenvalue weighted by Gasteiger charge is -2.14. The second kappa shape index (κ2) is 5.77. The third kappa shape index (κ3) is 3.36. The van der Waals surface area contributed by atoms with E-state index >= 15 is 0 Å². The van der Waals surface area contributed by atoms with E-state index in [1.807, 2.05) is 19.9 Å². The Balaban J connectivity index is 2.45. The summed E-state index contributed by atoms with van der Waals surface area (Å²) < 4.78 is 27.5. The van der Waals surface area contributed by atoms with Crippen molar-refractivity contribution in [3.63, 3.8) is 0 Å². The van der Waals surface area contributed by atoms with Gasteiger partial charge >= 0.3 is 0 Å². The Hall–Kier alpha value is -2.01. The summed E-state index contributed by atoms with van der Waals surface area (Å²) in [5.74, 6) is 0.142. The number of aromatic hydroxyl groups is 1. The van der Waals surface area contributed by atoms with Gasteiger partial charge in [-0.3, -0.25) is 4.72 Å². The molecule has 0 aliphatic heterocycles. The van der Waals surface area contributed by atoms with Crippen LogP contribution in [0.5, 0.6) is 5.75 Å². The lowest BCUT2D eigenvalue weighted by molar-refractivity contribution is 0.477. The van der Waals surface area contributed by atoms with Crippen molar-refractivity contribution < 1.29 is 13.5 Å². The van der Waals surface area contributed by atoms with Crippen LogP contribution in [0.2, 0.25) is 0 Å². The van der Waals surface area contributed by atoms with E-state index < -0.39 is 10.0 Å². The van der Waals surface area contributed by atoms with E-state index in [0.717, 1.165) is 5.56 Å². The van der Waals surface area contributed by atoms with Crippen LogP contribution >= 0.6 is 0 Å². The summed E-state index contributed by atoms with van der Waals surface area (Å²) in [7, 11) is -3.73. The number of nitrogens with one attached hydrogen (secondary N) is 1. The molecule has 5 heteroatoms. The molecular weight excluding hydrogens is 286 g/mol. The van der Waals surface area contributed by atoms with Crippen LogP contribution in [-0.4, -0.2) is 13.5 Å². The second-order valence-electron chi connectivity index (χ2n) is 5.30. The van der Waals surface area contributed by atoms with Gasteiger partial charge in [0.25, 0.3) is 10.0 Å². The highest BCUT2D eigenvalue weighted by molar-refractivity contribution is 7.92. The Morgan fingerprint density at radius 3 is 2.38 bits per heavy atom. The topological polar surface area (TPSA) is 66.4 Å². The standard InChI is InChI=1S/C16H19NO3S/c1-11(2)13-9-8-12(3)16(10-13)21(19,20)17-14-6-4-5-7-15(14)18/h4-11,17-18H,1-3H3. The van der Waals surface area contributed by atoms with Gasteiger partial charge in [-0.2, -0.15) is 0 Å². The van der Waals surface area contributed by atoms with Gasteiger partial charge in [-0.25, -0.2) is 8.42 Å². The number of sulfonamides is 1. The zero-order valence-corrected chi connectivity index (χ0v) is 13.1. The average molecular weight is 305 g/mol. The fraction of sp³-hybridized carbons (Fsp3) is 0.250. The molecule has 2 rings (SSSR count). The van der Waals surface area contributed by atoms with Gasteiger partial charge in [-0.1, -0.05) is 38.1 Å². The first-order chi connectivity index (χ1) is 9.81. The van der Waals surface area contributed by atoms with Gasteiger partial charge in [0.15, 0.2) is 0 Å². The molecule has 0 atom stereocenters. The molecule has 0 unspecified atom stereocenters. The number of hydrogen-bond acceptors (Lipinski definition) is 3. The number of rotatable bonds is 4. The summed E-state index contributed by atoms with van der Waals surface area (Å²) >= 11 is 0. The maximum Gasteiger partial charge on any atom is 0.262 e. The minimum atomic E-state index is -3.73. The van der Waals surface area contributed by atoms with E-state index in [1.165, 1.54) is 12.1 Å². The molecule has 0 aliphatic rings. The van der Waals surface area contributed by atoms with Crippen LogP contribution in [0.3, 0.4) is 0 Å². The highest BCUT2D eigenvalue weighted by Gasteiger charge is 2.19. The molecule has 2 aromatic carbocycles. The maximum atomic E-state index is 12.5. The first-order valence-electron chi connectivity index (χ1n) is 6.72. The van der Waals surface area contributed by atoms with E-state index in [-0.39, 0.29) is 22.3 Å². The van der Waals surface area contributed by atoms with Gasteiger partial charge in [0, 0.05) is 0 Å². The summed E-state index contributed by atoms with van der Waals surface area (Å²) in [5, 5.41) is 9.71. The number of anilines is 1. The molecule has 0 bridgehead atoms. The highest BCUT2D eigenvalue weighted by atomic mass is 32.2. The van der Waals surface area contributed by atoms with Gasteiger partial charge in [-0.15, -0.1) is 0 Å². The molecule has 0 heterocycles. The fourth-order valence-corrected chi connectivity index (χ4v) is 3.38. The zero-order valence-electron chi connectivity index (χ0n) is 12.3. The van der Waals surface area contributed by atoms with Gasteiger partial charge in [-0.05, 0) is 42.2 Å². The molecule has 0 saturated heterocycles. The van der Waals surface area contributed by atoms with E-state index in [1.54, 1.807) is 31.2 Å². The molecule has 4 nitrogen and oxygen atoms in total. The number of aryl methyl sites for hydroxylation is 1. The number of phenolic OH excluding ortho intramolecular Hbond substituents is 1. The minimum absolute atomic E-state index is 0.0984. The van der Waals surface area contributed by atoms with Crippen LogP contribution in [0.25, 0.3) is 0 Å². The third-order valence-corrected chi connectivity index (χ3v) is 4.82. The van der Waals surface area contributed by atoms with Crippen molar-refractivity contribution in [1.82, 2.24) is 0 Å². The van der Waals surface area contributed by atoms with Crippen LogP contribution < -0.4 is 4.72 Å². The molecule has 21 heavy (non-hydrogen) atoms. The Morgan fingerprint density at radius 1 is 1.10 bits per heavy atom. The van der Waals surface area contributed by atoms with Crippen molar-refractivity contribution >= 4 is 15.7 Å². The Bertz CT molecular complexity index is 752. The molecule has 112 valence electrons. The predicted octanol–water partition coefficient (Wildman–Crippen LogP) is 3.62. The summed E-state index contributed by atoms with van der Waals surface area (Å²) in [5.41, 5.74) is 1.80. The summed E-state index contributed by atoms with van der Waals surface area (Å²) in [6.45, 7) is 5.78. The van der Waals surface area contributed by atoms with E-state index in [0.29, 0.717) is 5.56 Å². The lowest BCUT2D eigenvalue weighted by Crippen LogP contribution is -2.14. The van der Waals surface area contributed by atoms with Crippen LogP contribution in [0.15, 0.2) is 47.4 Å². The zero-order chi connectivity index (χ0) is 15.6. The number of hydrogen-bond donors (Lipinski definition) is 2. The Kier molecular flexibility index (Phi) is 4.23. The van der Waals surface area contributed by atoms with Crippen LogP contribution in [0.1, 0.15) is 30.9 Å². The van der Waals surface area contributed by atoms with Crippen molar-refractivity contribution in [2.24, 2.45) is 0 Å². The molecule has 2 aromatic rings. The fourth-order valence-electron chi connectivity index (χ4n) is 2.02. The lowest BCUT2D eigenvalue weighted by atomic mass is 10.0. The third-order valence-electron chi connectivity index (χ3n) is 3.32. The maximum absolute atomic E-state index is 12.5. The van der Waals surface area contributed by atoms with Crippen molar-refractivity contribution in [2.75, 3.05) is 4.72 Å². The van der Waals surface area contributed by atoms with E-state index in [2.05, 4.69) is 4.72 Å². The number of phenols is 1.